The molecular formula is C19H21BrN4O3. The summed E-state index contributed by atoms with van der Waals surface area (Å²) in [5, 5.41) is 0. The first-order chi connectivity index (χ1) is 13.0. The molecule has 8 heteroatoms. The van der Waals surface area contributed by atoms with E-state index in [0.717, 1.165) is 22.1 Å². The highest BCUT2D eigenvalue weighted by atomic mass is 79.9. The number of fused-ring (bicyclic) bond motifs is 1. The Morgan fingerprint density at radius 2 is 2.15 bits per heavy atom. The first-order valence-electron chi connectivity index (χ1n) is 9.05. The Bertz CT molecular complexity index is 923. The number of halogens is 1. The van der Waals surface area contributed by atoms with E-state index in [1.807, 2.05) is 34.9 Å². The Labute approximate surface area is 165 Å². The third kappa shape index (κ3) is 3.64. The lowest BCUT2D eigenvalue weighted by Crippen LogP contribution is -2.39. The molecule has 1 fully saturated rings. The minimum absolute atomic E-state index is 0.0592. The van der Waals surface area contributed by atoms with Crippen LogP contribution >= 0.6 is 15.9 Å². The summed E-state index contributed by atoms with van der Waals surface area (Å²) in [5.74, 6) is 0.925. The number of ether oxygens (including phenoxy) is 1. The smallest absolute Gasteiger partial charge is 0.252 e. The number of amides is 1. The first-order valence-corrected chi connectivity index (χ1v) is 9.84. The molecule has 7 nitrogen and oxygen atoms in total. The quantitative estimate of drug-likeness (QED) is 0.800. The number of aromatic nitrogens is 2. The number of carbonyl (C=O) groups excluding carboxylic acids is 1. The van der Waals surface area contributed by atoms with E-state index < -0.39 is 0 Å². The lowest BCUT2D eigenvalue weighted by molar-refractivity contribution is -0.118. The van der Waals surface area contributed by atoms with Crippen LogP contribution in [0.25, 0.3) is 0 Å². The third-order valence-electron chi connectivity index (χ3n) is 4.99. The molecule has 0 aliphatic carbocycles. The number of hydrogen-bond donors (Lipinski definition) is 1. The van der Waals surface area contributed by atoms with Crippen LogP contribution in [0.2, 0.25) is 0 Å². The van der Waals surface area contributed by atoms with Crippen LogP contribution in [0, 0.1) is 0 Å². The predicted molar refractivity (Wildman–Crippen MR) is 106 cm³/mol. The minimum atomic E-state index is -0.244. The van der Waals surface area contributed by atoms with Crippen molar-refractivity contribution < 1.29 is 9.53 Å². The molecule has 1 aromatic carbocycles. The van der Waals surface area contributed by atoms with E-state index in [0.29, 0.717) is 37.9 Å². The molecule has 2 aliphatic heterocycles. The van der Waals surface area contributed by atoms with Gasteiger partial charge in [0.15, 0.2) is 0 Å². The Morgan fingerprint density at radius 3 is 2.93 bits per heavy atom. The molecule has 1 atom stereocenters. The highest BCUT2D eigenvalue weighted by molar-refractivity contribution is 9.10. The van der Waals surface area contributed by atoms with Crippen molar-refractivity contribution in [1.29, 1.82) is 0 Å². The highest BCUT2D eigenvalue weighted by Crippen LogP contribution is 2.37. The van der Waals surface area contributed by atoms with Gasteiger partial charge in [0.25, 0.3) is 5.56 Å². The molecule has 1 unspecified atom stereocenters. The standard InChI is InChI=1S/C19H21BrN4O3/c1-12-9-13-14(20)3-2-4-15(13)24(12)19(26)10-16-21-17(11-18(25)22-16)23-5-7-27-8-6-23/h2-4,11-12H,5-10H2,1H3,(H,21,22,25). The van der Waals surface area contributed by atoms with E-state index in [-0.39, 0.29) is 23.9 Å². The summed E-state index contributed by atoms with van der Waals surface area (Å²) in [6, 6.07) is 7.43. The van der Waals surface area contributed by atoms with Gasteiger partial charge in [-0.15, -0.1) is 0 Å². The average Bonchev–Trinajstić information content (AvgIpc) is 2.99. The summed E-state index contributed by atoms with van der Waals surface area (Å²) in [4.78, 5) is 36.1. The summed E-state index contributed by atoms with van der Waals surface area (Å²) in [6.45, 7) is 4.63. The zero-order chi connectivity index (χ0) is 19.0. The first kappa shape index (κ1) is 18.2. The van der Waals surface area contributed by atoms with E-state index in [1.165, 1.54) is 6.07 Å². The van der Waals surface area contributed by atoms with E-state index in [1.54, 1.807) is 0 Å². The summed E-state index contributed by atoms with van der Waals surface area (Å²) in [6.07, 6.45) is 0.865. The molecular weight excluding hydrogens is 412 g/mol. The van der Waals surface area contributed by atoms with Gasteiger partial charge in [-0.25, -0.2) is 4.98 Å². The third-order valence-corrected chi connectivity index (χ3v) is 5.74. The molecule has 142 valence electrons. The second-order valence-electron chi connectivity index (χ2n) is 6.88. The number of carbonyl (C=O) groups is 1. The maximum absolute atomic E-state index is 13.0. The second-order valence-corrected chi connectivity index (χ2v) is 7.74. The van der Waals surface area contributed by atoms with Gasteiger partial charge in [-0.2, -0.15) is 0 Å². The lowest BCUT2D eigenvalue weighted by Gasteiger charge is -2.28. The SMILES string of the molecule is CC1Cc2c(Br)cccc2N1C(=O)Cc1nc(N2CCOCC2)cc(=O)[nH]1. The van der Waals surface area contributed by atoms with E-state index in [9.17, 15) is 9.59 Å². The van der Waals surface area contributed by atoms with Crippen molar-refractivity contribution in [2.24, 2.45) is 0 Å². The Morgan fingerprint density at radius 1 is 1.37 bits per heavy atom. The van der Waals surface area contributed by atoms with Gasteiger partial charge in [0.1, 0.15) is 11.6 Å². The number of benzene rings is 1. The monoisotopic (exact) mass is 432 g/mol. The maximum Gasteiger partial charge on any atom is 0.252 e. The number of nitrogens with one attached hydrogen (secondary N) is 1. The van der Waals surface area contributed by atoms with E-state index in [2.05, 4.69) is 25.9 Å². The number of H-pyrrole nitrogens is 1. The normalized spacial score (nSPS) is 19.3. The van der Waals surface area contributed by atoms with Crippen LogP contribution in [0.15, 0.2) is 33.5 Å². The molecule has 0 spiro atoms. The van der Waals surface area contributed by atoms with Gasteiger partial charge in [0.2, 0.25) is 5.91 Å². The van der Waals surface area contributed by atoms with Gasteiger partial charge in [-0.1, -0.05) is 22.0 Å². The predicted octanol–water partition coefficient (Wildman–Crippen LogP) is 1.89. The summed E-state index contributed by atoms with van der Waals surface area (Å²) in [7, 11) is 0. The molecule has 0 radical (unpaired) electrons. The minimum Gasteiger partial charge on any atom is -0.378 e. The summed E-state index contributed by atoms with van der Waals surface area (Å²) < 4.78 is 6.37. The van der Waals surface area contributed by atoms with E-state index in [4.69, 9.17) is 4.74 Å². The van der Waals surface area contributed by atoms with Crippen LogP contribution in [-0.2, 0) is 22.4 Å². The molecule has 3 heterocycles. The average molecular weight is 433 g/mol. The number of nitrogens with zero attached hydrogens (tertiary/aromatic N) is 3. The lowest BCUT2D eigenvalue weighted by atomic mass is 10.1. The van der Waals surface area contributed by atoms with Crippen LogP contribution < -0.4 is 15.4 Å². The summed E-state index contributed by atoms with van der Waals surface area (Å²) >= 11 is 3.57. The molecule has 1 amide bonds. The molecule has 2 aromatic rings. The van der Waals surface area contributed by atoms with Crippen molar-refractivity contribution >= 4 is 33.3 Å². The molecule has 1 aromatic heterocycles. The van der Waals surface area contributed by atoms with Crippen LogP contribution in [-0.4, -0.2) is 48.2 Å². The Kier molecular flexibility index (Phi) is 5.01. The molecule has 1 saturated heterocycles. The number of morpholine rings is 1. The topological polar surface area (TPSA) is 78.5 Å². The number of anilines is 2. The largest absolute Gasteiger partial charge is 0.378 e. The van der Waals surface area contributed by atoms with Gasteiger partial charge >= 0.3 is 0 Å². The molecule has 27 heavy (non-hydrogen) atoms. The van der Waals surface area contributed by atoms with Crippen molar-refractivity contribution in [3.05, 3.63) is 50.5 Å². The van der Waals surface area contributed by atoms with Gasteiger partial charge < -0.3 is 19.5 Å². The van der Waals surface area contributed by atoms with Crippen molar-refractivity contribution in [3.63, 3.8) is 0 Å². The Hall–Kier alpha value is -2.19. The van der Waals surface area contributed by atoms with E-state index >= 15 is 0 Å². The van der Waals surface area contributed by atoms with Gasteiger partial charge in [-0.3, -0.25) is 9.59 Å². The summed E-state index contributed by atoms with van der Waals surface area (Å²) in [5.41, 5.74) is 1.82. The fourth-order valence-electron chi connectivity index (χ4n) is 3.74. The fourth-order valence-corrected chi connectivity index (χ4v) is 4.26. The van der Waals surface area contributed by atoms with Crippen LogP contribution in [0.3, 0.4) is 0 Å². The number of aromatic amines is 1. The zero-order valence-corrected chi connectivity index (χ0v) is 16.7. The molecule has 4 rings (SSSR count). The zero-order valence-electron chi connectivity index (χ0n) is 15.1. The van der Waals surface area contributed by atoms with Gasteiger partial charge in [-0.05, 0) is 31.0 Å². The van der Waals surface area contributed by atoms with Crippen molar-refractivity contribution in [3.8, 4) is 0 Å². The number of rotatable bonds is 3. The highest BCUT2D eigenvalue weighted by Gasteiger charge is 2.32. The van der Waals surface area contributed by atoms with Crippen molar-refractivity contribution in [1.82, 2.24) is 9.97 Å². The fraction of sp³-hybridized carbons (Fsp3) is 0.421. The van der Waals surface area contributed by atoms with Crippen molar-refractivity contribution in [2.45, 2.75) is 25.8 Å². The molecule has 0 bridgehead atoms. The second kappa shape index (κ2) is 7.44. The number of hydrogen-bond acceptors (Lipinski definition) is 5. The van der Waals surface area contributed by atoms with Gasteiger partial charge in [0.05, 0.1) is 19.6 Å². The molecule has 2 aliphatic rings. The molecule has 0 saturated carbocycles. The maximum atomic E-state index is 13.0. The molecule has 1 N–H and O–H groups in total. The van der Waals surface area contributed by atoms with Gasteiger partial charge in [0, 0.05) is 35.4 Å². The van der Waals surface area contributed by atoms with Crippen LogP contribution in [0.5, 0.6) is 0 Å². The van der Waals surface area contributed by atoms with Crippen LogP contribution in [0.1, 0.15) is 18.3 Å². The van der Waals surface area contributed by atoms with Crippen molar-refractivity contribution in [2.75, 3.05) is 36.1 Å². The van der Waals surface area contributed by atoms with Crippen LogP contribution in [0.4, 0.5) is 11.5 Å². The Balaban J connectivity index is 1.58.